The van der Waals surface area contributed by atoms with Gasteiger partial charge < -0.3 is 10.6 Å². The summed E-state index contributed by atoms with van der Waals surface area (Å²) in [5.41, 5.74) is 7.55. The average molecular weight is 385 g/mol. The van der Waals surface area contributed by atoms with Crippen molar-refractivity contribution in [2.24, 2.45) is 0 Å². The van der Waals surface area contributed by atoms with Crippen LogP contribution in [-0.2, 0) is 16.6 Å². The summed E-state index contributed by atoms with van der Waals surface area (Å²) in [7, 11) is 0.174. The first-order chi connectivity index (χ1) is 10.3. The third-order valence-corrected chi connectivity index (χ3v) is 4.92. The quantitative estimate of drug-likeness (QED) is 0.822. The van der Waals surface area contributed by atoms with Gasteiger partial charge in [0.15, 0.2) is 0 Å². The summed E-state index contributed by atoms with van der Waals surface area (Å²) in [5.74, 6) is -0.0290. The number of anilines is 2. The first-order valence-corrected chi connectivity index (χ1v) is 8.74. The van der Waals surface area contributed by atoms with Crippen molar-refractivity contribution in [1.29, 1.82) is 0 Å². The predicted molar refractivity (Wildman–Crippen MR) is 91.1 cm³/mol. The SMILES string of the molecule is CN(C)c1ccc(CNS(=O)(=O)c2cc(Br)cnc2N)cc1. The molecule has 0 aliphatic carbocycles. The minimum absolute atomic E-state index is 0.0290. The number of benzene rings is 1. The van der Waals surface area contributed by atoms with E-state index in [0.29, 0.717) is 4.47 Å². The monoisotopic (exact) mass is 384 g/mol. The maximum Gasteiger partial charge on any atom is 0.244 e. The van der Waals surface area contributed by atoms with Gasteiger partial charge in [-0.2, -0.15) is 0 Å². The highest BCUT2D eigenvalue weighted by Gasteiger charge is 2.18. The third-order valence-electron chi connectivity index (χ3n) is 3.06. The van der Waals surface area contributed by atoms with E-state index in [1.54, 1.807) is 0 Å². The average Bonchev–Trinajstić information content (AvgIpc) is 2.48. The van der Waals surface area contributed by atoms with Gasteiger partial charge in [0, 0.05) is 37.0 Å². The Labute approximate surface area is 138 Å². The largest absolute Gasteiger partial charge is 0.383 e. The lowest BCUT2D eigenvalue weighted by molar-refractivity contribution is 0.581. The number of sulfonamides is 1. The van der Waals surface area contributed by atoms with Crippen LogP contribution in [0.3, 0.4) is 0 Å². The summed E-state index contributed by atoms with van der Waals surface area (Å²) in [6, 6.07) is 9.04. The standard InChI is InChI=1S/C14H17BrN4O2S/c1-19(2)12-5-3-10(4-6-12)8-18-22(20,21)13-7-11(15)9-17-14(13)16/h3-7,9,18H,8H2,1-2H3,(H2,16,17). The number of hydrogen-bond acceptors (Lipinski definition) is 5. The molecular formula is C14H17BrN4O2S. The van der Waals surface area contributed by atoms with Crippen molar-refractivity contribution in [3.05, 3.63) is 46.6 Å². The minimum Gasteiger partial charge on any atom is -0.383 e. The number of rotatable bonds is 5. The Bertz CT molecular complexity index is 761. The van der Waals surface area contributed by atoms with Crippen molar-refractivity contribution in [3.63, 3.8) is 0 Å². The summed E-state index contributed by atoms with van der Waals surface area (Å²) >= 11 is 3.19. The third kappa shape index (κ3) is 3.96. The Morgan fingerprint density at radius 2 is 1.91 bits per heavy atom. The number of halogens is 1. The molecule has 2 rings (SSSR count). The highest BCUT2D eigenvalue weighted by Crippen LogP contribution is 2.20. The molecule has 118 valence electrons. The van der Waals surface area contributed by atoms with E-state index in [4.69, 9.17) is 5.73 Å². The fourth-order valence-electron chi connectivity index (χ4n) is 1.81. The van der Waals surface area contributed by atoms with Gasteiger partial charge in [0.05, 0.1) is 0 Å². The van der Waals surface area contributed by atoms with Crippen LogP contribution in [0.2, 0.25) is 0 Å². The molecule has 0 unspecified atom stereocenters. The number of aromatic nitrogens is 1. The van der Waals surface area contributed by atoms with Gasteiger partial charge in [0.1, 0.15) is 10.7 Å². The lowest BCUT2D eigenvalue weighted by Gasteiger charge is -2.13. The van der Waals surface area contributed by atoms with Crippen molar-refractivity contribution < 1.29 is 8.42 Å². The van der Waals surface area contributed by atoms with Gasteiger partial charge in [-0.15, -0.1) is 0 Å². The molecule has 1 aromatic carbocycles. The number of nitrogen functional groups attached to an aromatic ring is 1. The van der Waals surface area contributed by atoms with E-state index in [9.17, 15) is 8.42 Å². The van der Waals surface area contributed by atoms with Gasteiger partial charge in [0.25, 0.3) is 0 Å². The second-order valence-corrected chi connectivity index (χ2v) is 7.57. The Hall–Kier alpha value is -1.64. The molecule has 0 amide bonds. The number of nitrogens with two attached hydrogens (primary N) is 1. The van der Waals surface area contributed by atoms with Crippen LogP contribution in [0.4, 0.5) is 11.5 Å². The summed E-state index contributed by atoms with van der Waals surface area (Å²) in [6.07, 6.45) is 1.45. The van der Waals surface area contributed by atoms with Gasteiger partial charge >= 0.3 is 0 Å². The second-order valence-electron chi connectivity index (χ2n) is 4.92. The Morgan fingerprint density at radius 3 is 2.50 bits per heavy atom. The van der Waals surface area contributed by atoms with Gasteiger partial charge in [-0.05, 0) is 39.7 Å². The van der Waals surface area contributed by atoms with E-state index in [0.717, 1.165) is 11.3 Å². The van der Waals surface area contributed by atoms with Crippen molar-refractivity contribution in [2.75, 3.05) is 24.7 Å². The first-order valence-electron chi connectivity index (χ1n) is 6.46. The molecule has 1 heterocycles. The predicted octanol–water partition coefficient (Wildman–Crippen LogP) is 1.97. The van der Waals surface area contributed by atoms with Crippen molar-refractivity contribution in [3.8, 4) is 0 Å². The van der Waals surface area contributed by atoms with E-state index < -0.39 is 10.0 Å². The molecule has 0 aliphatic heterocycles. The molecule has 0 saturated heterocycles. The molecule has 0 saturated carbocycles. The molecule has 0 atom stereocenters. The molecule has 1 aromatic heterocycles. The Kier molecular flexibility index (Phi) is 5.05. The van der Waals surface area contributed by atoms with Gasteiger partial charge in [-0.3, -0.25) is 0 Å². The molecule has 0 bridgehead atoms. The van der Waals surface area contributed by atoms with Gasteiger partial charge in [0.2, 0.25) is 10.0 Å². The summed E-state index contributed by atoms with van der Waals surface area (Å²) in [5, 5.41) is 0. The highest BCUT2D eigenvalue weighted by molar-refractivity contribution is 9.10. The number of nitrogens with one attached hydrogen (secondary N) is 1. The van der Waals surface area contributed by atoms with Crippen molar-refractivity contribution >= 4 is 37.5 Å². The summed E-state index contributed by atoms with van der Waals surface area (Å²) in [6.45, 7) is 0.183. The lowest BCUT2D eigenvalue weighted by Crippen LogP contribution is -2.24. The van der Waals surface area contributed by atoms with E-state index in [2.05, 4.69) is 25.6 Å². The number of pyridine rings is 1. The van der Waals surface area contributed by atoms with Crippen LogP contribution in [0.1, 0.15) is 5.56 Å². The number of nitrogens with zero attached hydrogens (tertiary/aromatic N) is 2. The summed E-state index contributed by atoms with van der Waals surface area (Å²) in [4.78, 5) is 5.78. The van der Waals surface area contributed by atoms with Crippen LogP contribution in [0, 0.1) is 0 Å². The van der Waals surface area contributed by atoms with Crippen LogP contribution in [0.5, 0.6) is 0 Å². The van der Waals surface area contributed by atoms with Crippen LogP contribution in [0.25, 0.3) is 0 Å². The molecule has 8 heteroatoms. The molecular weight excluding hydrogens is 368 g/mol. The molecule has 0 fully saturated rings. The van der Waals surface area contributed by atoms with Crippen LogP contribution < -0.4 is 15.4 Å². The van der Waals surface area contributed by atoms with Crippen LogP contribution >= 0.6 is 15.9 Å². The normalized spacial score (nSPS) is 11.4. The first kappa shape index (κ1) is 16.7. The molecule has 22 heavy (non-hydrogen) atoms. The van der Waals surface area contributed by atoms with Gasteiger partial charge in [-0.1, -0.05) is 12.1 Å². The van der Waals surface area contributed by atoms with E-state index in [-0.39, 0.29) is 17.3 Å². The smallest absolute Gasteiger partial charge is 0.244 e. The Balaban J connectivity index is 2.14. The van der Waals surface area contributed by atoms with E-state index in [1.807, 2.05) is 43.3 Å². The number of hydrogen-bond donors (Lipinski definition) is 2. The zero-order valence-electron chi connectivity index (χ0n) is 12.2. The Morgan fingerprint density at radius 1 is 1.27 bits per heavy atom. The van der Waals surface area contributed by atoms with Crippen molar-refractivity contribution in [1.82, 2.24) is 9.71 Å². The topological polar surface area (TPSA) is 88.3 Å². The fourth-order valence-corrected chi connectivity index (χ4v) is 3.42. The lowest BCUT2D eigenvalue weighted by atomic mass is 10.2. The van der Waals surface area contributed by atoms with E-state index in [1.165, 1.54) is 12.3 Å². The molecule has 0 aliphatic rings. The minimum atomic E-state index is -3.72. The van der Waals surface area contributed by atoms with Crippen LogP contribution in [0.15, 0.2) is 45.9 Å². The zero-order chi connectivity index (χ0) is 16.3. The highest BCUT2D eigenvalue weighted by atomic mass is 79.9. The van der Waals surface area contributed by atoms with Crippen LogP contribution in [-0.4, -0.2) is 27.5 Å². The van der Waals surface area contributed by atoms with E-state index >= 15 is 0 Å². The fraction of sp³-hybridized carbons (Fsp3) is 0.214. The zero-order valence-corrected chi connectivity index (χ0v) is 14.6. The second kappa shape index (κ2) is 6.64. The molecule has 0 radical (unpaired) electrons. The van der Waals surface area contributed by atoms with Gasteiger partial charge in [-0.25, -0.2) is 18.1 Å². The molecule has 0 spiro atoms. The van der Waals surface area contributed by atoms with Crippen molar-refractivity contribution in [2.45, 2.75) is 11.4 Å². The summed E-state index contributed by atoms with van der Waals surface area (Å²) < 4.78 is 27.7. The maximum absolute atomic E-state index is 12.3. The molecule has 2 aromatic rings. The molecule has 3 N–H and O–H groups in total. The maximum atomic E-state index is 12.3. The molecule has 6 nitrogen and oxygen atoms in total.